The van der Waals surface area contributed by atoms with E-state index in [0.717, 1.165) is 11.5 Å². The first-order valence-corrected chi connectivity index (χ1v) is 7.68. The smallest absolute Gasteiger partial charge is 0.305 e. The van der Waals surface area contributed by atoms with Crippen LogP contribution < -0.4 is 0 Å². The number of carbonyl (C=O) groups is 1. The fourth-order valence-corrected chi connectivity index (χ4v) is 3.82. The van der Waals surface area contributed by atoms with Crippen LogP contribution in [0.3, 0.4) is 0 Å². The van der Waals surface area contributed by atoms with Crippen molar-refractivity contribution in [3.05, 3.63) is 23.6 Å². The van der Waals surface area contributed by atoms with E-state index in [1.54, 1.807) is 0 Å². The van der Waals surface area contributed by atoms with Gasteiger partial charge in [-0.3, -0.25) is 4.79 Å². The highest BCUT2D eigenvalue weighted by Gasteiger charge is 2.51. The molecule has 114 valence electrons. The summed E-state index contributed by atoms with van der Waals surface area (Å²) in [7, 11) is 1.40. The molecule has 1 fully saturated rings. The number of fused-ring (bicyclic) bond motifs is 2. The molecular formula is C17H23NO3. The largest absolute Gasteiger partial charge is 0.469 e. The predicted molar refractivity (Wildman–Crippen MR) is 79.4 cm³/mol. The zero-order valence-electron chi connectivity index (χ0n) is 13.2. The van der Waals surface area contributed by atoms with Crippen molar-refractivity contribution in [2.24, 2.45) is 23.2 Å². The van der Waals surface area contributed by atoms with Gasteiger partial charge in [-0.15, -0.1) is 0 Å². The lowest BCUT2D eigenvalue weighted by atomic mass is 9.70. The number of hydrogen-bond acceptors (Lipinski definition) is 4. The van der Waals surface area contributed by atoms with Crippen LogP contribution in [-0.2, 0) is 16.0 Å². The topological polar surface area (TPSA) is 52.3 Å². The van der Waals surface area contributed by atoms with Gasteiger partial charge in [0.25, 0.3) is 0 Å². The maximum atomic E-state index is 11.2. The molecule has 0 unspecified atom stereocenters. The van der Waals surface area contributed by atoms with Crippen LogP contribution in [0.15, 0.2) is 16.7 Å². The van der Waals surface area contributed by atoms with Gasteiger partial charge in [0.1, 0.15) is 0 Å². The molecule has 2 aliphatic rings. The lowest BCUT2D eigenvalue weighted by Gasteiger charge is -2.34. The summed E-state index contributed by atoms with van der Waals surface area (Å²) in [5.41, 5.74) is 2.51. The molecule has 0 saturated heterocycles. The maximum Gasteiger partial charge on any atom is 0.305 e. The van der Waals surface area contributed by atoms with E-state index in [9.17, 15) is 4.79 Å². The standard InChI is InChI=1S/C17H23NO3/c1-10-13-7-11(17(10,2)3)8-14(13)15-9-12(18-21-15)5-6-16(19)20-4/h8-11,13H,5-7H2,1-4H3/t10-,11+,13+/m0/s1. The average molecular weight is 289 g/mol. The highest BCUT2D eigenvalue weighted by Crippen LogP contribution is 2.60. The zero-order valence-corrected chi connectivity index (χ0v) is 13.2. The summed E-state index contributed by atoms with van der Waals surface area (Å²) in [5.74, 6) is 2.53. The van der Waals surface area contributed by atoms with E-state index in [4.69, 9.17) is 4.52 Å². The van der Waals surface area contributed by atoms with E-state index >= 15 is 0 Å². The summed E-state index contributed by atoms with van der Waals surface area (Å²) >= 11 is 0. The van der Waals surface area contributed by atoms with Gasteiger partial charge in [-0.2, -0.15) is 0 Å². The lowest BCUT2D eigenvalue weighted by Crippen LogP contribution is -2.27. The summed E-state index contributed by atoms with van der Waals surface area (Å²) in [6.45, 7) is 7.06. The summed E-state index contributed by atoms with van der Waals surface area (Å²) in [6, 6.07) is 1.98. The Morgan fingerprint density at radius 3 is 2.90 bits per heavy atom. The minimum atomic E-state index is -0.214. The van der Waals surface area contributed by atoms with Gasteiger partial charge in [0.2, 0.25) is 0 Å². The Kier molecular flexibility index (Phi) is 3.42. The van der Waals surface area contributed by atoms with Crippen LogP contribution in [0.1, 0.15) is 45.1 Å². The molecule has 4 heteroatoms. The summed E-state index contributed by atoms with van der Waals surface area (Å²) in [6.07, 6.45) is 4.51. The average Bonchev–Trinajstić information content (AvgIpc) is 3.13. The Balaban J connectivity index is 1.74. The van der Waals surface area contributed by atoms with Crippen LogP contribution >= 0.6 is 0 Å². The van der Waals surface area contributed by atoms with Crippen molar-refractivity contribution in [1.29, 1.82) is 0 Å². The third-order valence-electron chi connectivity index (χ3n) is 5.68. The number of esters is 1. The second-order valence-corrected chi connectivity index (χ2v) is 6.94. The molecule has 0 spiro atoms. The van der Waals surface area contributed by atoms with Crippen LogP contribution in [0, 0.1) is 23.2 Å². The van der Waals surface area contributed by atoms with Crippen molar-refractivity contribution in [1.82, 2.24) is 5.16 Å². The maximum absolute atomic E-state index is 11.2. The van der Waals surface area contributed by atoms with Crippen molar-refractivity contribution >= 4 is 11.5 Å². The molecule has 0 radical (unpaired) electrons. The molecule has 21 heavy (non-hydrogen) atoms. The summed E-state index contributed by atoms with van der Waals surface area (Å²) in [5, 5.41) is 4.09. The van der Waals surface area contributed by atoms with E-state index < -0.39 is 0 Å². The fourth-order valence-electron chi connectivity index (χ4n) is 3.82. The number of ether oxygens (including phenoxy) is 1. The van der Waals surface area contributed by atoms with Crippen LogP contribution in [0.4, 0.5) is 0 Å². The van der Waals surface area contributed by atoms with Gasteiger partial charge >= 0.3 is 5.97 Å². The molecule has 2 aliphatic carbocycles. The van der Waals surface area contributed by atoms with Crippen molar-refractivity contribution < 1.29 is 14.1 Å². The van der Waals surface area contributed by atoms with Crippen molar-refractivity contribution in [2.45, 2.75) is 40.0 Å². The molecule has 0 aromatic carbocycles. The molecule has 0 N–H and O–H groups in total. The minimum absolute atomic E-state index is 0.214. The molecule has 3 atom stereocenters. The van der Waals surface area contributed by atoms with Crippen molar-refractivity contribution in [3.8, 4) is 0 Å². The Hall–Kier alpha value is -1.58. The molecule has 1 aromatic rings. The van der Waals surface area contributed by atoms with Gasteiger partial charge in [-0.1, -0.05) is 32.0 Å². The first-order chi connectivity index (χ1) is 9.93. The second-order valence-electron chi connectivity index (χ2n) is 6.94. The zero-order chi connectivity index (χ0) is 15.2. The number of allylic oxidation sites excluding steroid dienone is 2. The number of nitrogens with zero attached hydrogens (tertiary/aromatic N) is 1. The quantitative estimate of drug-likeness (QED) is 0.796. The molecule has 2 bridgehead atoms. The summed E-state index contributed by atoms with van der Waals surface area (Å²) in [4.78, 5) is 11.2. The number of methoxy groups -OCH3 is 1. The van der Waals surface area contributed by atoms with E-state index in [2.05, 4.69) is 36.7 Å². The highest BCUT2D eigenvalue weighted by molar-refractivity contribution is 5.70. The van der Waals surface area contributed by atoms with Gasteiger partial charge in [-0.05, 0) is 35.2 Å². The fraction of sp³-hybridized carbons (Fsp3) is 0.647. The van der Waals surface area contributed by atoms with Crippen LogP contribution in [0.2, 0.25) is 0 Å². The molecule has 1 heterocycles. The first kappa shape index (κ1) is 14.4. The SMILES string of the molecule is COC(=O)CCc1cc(C2=C[C@H]3C[C@@H]2[C@H](C)C3(C)C)on1. The second kappa shape index (κ2) is 5.00. The normalized spacial score (nSPS) is 29.5. The number of carbonyl (C=O) groups excluding carboxylic acids is 1. The third kappa shape index (κ3) is 2.30. The Morgan fingerprint density at radius 1 is 1.52 bits per heavy atom. The van der Waals surface area contributed by atoms with Crippen LogP contribution in [0.5, 0.6) is 0 Å². The Bertz CT molecular complexity index is 585. The third-order valence-corrected chi connectivity index (χ3v) is 5.68. The monoisotopic (exact) mass is 289 g/mol. The predicted octanol–water partition coefficient (Wildman–Crippen LogP) is 3.48. The van der Waals surface area contributed by atoms with E-state index in [-0.39, 0.29) is 5.97 Å². The van der Waals surface area contributed by atoms with Gasteiger partial charge in [0.15, 0.2) is 5.76 Å². The molecule has 1 aromatic heterocycles. The molecule has 0 amide bonds. The molecule has 4 nitrogen and oxygen atoms in total. The van der Waals surface area contributed by atoms with E-state index in [1.165, 1.54) is 19.1 Å². The molecular weight excluding hydrogens is 266 g/mol. The lowest BCUT2D eigenvalue weighted by molar-refractivity contribution is -0.140. The minimum Gasteiger partial charge on any atom is -0.469 e. The van der Waals surface area contributed by atoms with E-state index in [1.807, 2.05) is 6.07 Å². The number of aromatic nitrogens is 1. The number of hydrogen-bond donors (Lipinski definition) is 0. The van der Waals surface area contributed by atoms with Gasteiger partial charge in [0, 0.05) is 12.5 Å². The summed E-state index contributed by atoms with van der Waals surface area (Å²) < 4.78 is 10.2. The Morgan fingerprint density at radius 2 is 2.29 bits per heavy atom. The number of aryl methyl sites for hydroxylation is 1. The van der Waals surface area contributed by atoms with Crippen LogP contribution in [0.25, 0.3) is 5.57 Å². The van der Waals surface area contributed by atoms with Crippen molar-refractivity contribution in [3.63, 3.8) is 0 Å². The number of rotatable bonds is 4. The van der Waals surface area contributed by atoms with Crippen LogP contribution in [-0.4, -0.2) is 18.2 Å². The molecule has 3 rings (SSSR count). The van der Waals surface area contributed by atoms with Gasteiger partial charge in [0.05, 0.1) is 19.2 Å². The molecule has 1 saturated carbocycles. The Labute approximate surface area is 125 Å². The highest BCUT2D eigenvalue weighted by atomic mass is 16.5. The van der Waals surface area contributed by atoms with E-state index in [0.29, 0.717) is 36.0 Å². The van der Waals surface area contributed by atoms with Gasteiger partial charge < -0.3 is 9.26 Å². The van der Waals surface area contributed by atoms with Gasteiger partial charge in [-0.25, -0.2) is 0 Å². The molecule has 0 aliphatic heterocycles. The first-order valence-electron chi connectivity index (χ1n) is 7.68. The van der Waals surface area contributed by atoms with Crippen molar-refractivity contribution in [2.75, 3.05) is 7.11 Å².